The summed E-state index contributed by atoms with van der Waals surface area (Å²) in [6.07, 6.45) is 56.7. The van der Waals surface area contributed by atoms with E-state index in [1.165, 1.54) is 225 Å². The van der Waals surface area contributed by atoms with Crippen molar-refractivity contribution in [2.45, 2.75) is 349 Å². The van der Waals surface area contributed by atoms with E-state index in [1.807, 2.05) is 0 Å². The second-order valence-corrected chi connectivity index (χ2v) is 22.5. The van der Waals surface area contributed by atoms with E-state index >= 15 is 0 Å². The molecule has 0 aliphatic rings. The largest absolute Gasteiger partial charge is 0.462 e. The molecule has 0 rings (SSSR count). The fourth-order valence-corrected chi connectivity index (χ4v) is 9.50. The molecule has 0 radical (unpaired) electrons. The molecule has 0 aliphatic heterocycles. The van der Waals surface area contributed by atoms with Crippen molar-refractivity contribution in [3.05, 3.63) is 0 Å². The Bertz CT molecular complexity index is 1060. The Kier molecular flexibility index (Phi) is 52.0. The smallest absolute Gasteiger partial charge is 0.306 e. The van der Waals surface area contributed by atoms with Gasteiger partial charge in [0.2, 0.25) is 0 Å². The fourth-order valence-electron chi connectivity index (χ4n) is 9.50. The summed E-state index contributed by atoms with van der Waals surface area (Å²) in [6.45, 7) is 13.8. The van der Waals surface area contributed by atoms with Gasteiger partial charge in [0.15, 0.2) is 6.10 Å². The molecular weight excluding hydrogens is 841 g/mol. The molecule has 0 aromatic carbocycles. The number of carbonyl (C=O) groups is 3. The molecule has 0 aromatic heterocycles. The lowest BCUT2D eigenvalue weighted by Gasteiger charge is -2.18. The minimum absolute atomic E-state index is 0.0634. The van der Waals surface area contributed by atoms with Gasteiger partial charge < -0.3 is 14.2 Å². The van der Waals surface area contributed by atoms with Crippen LogP contribution in [0.1, 0.15) is 343 Å². The molecule has 0 bridgehead atoms. The fraction of sp³-hybridized carbons (Fsp3) is 0.952. The molecule has 0 N–H and O–H groups in total. The van der Waals surface area contributed by atoms with Crippen LogP contribution in [0.4, 0.5) is 0 Å². The predicted octanol–water partition coefficient (Wildman–Crippen LogP) is 20.3. The van der Waals surface area contributed by atoms with Crippen molar-refractivity contribution in [2.24, 2.45) is 17.8 Å². The average molecular weight is 962 g/mol. The Labute approximate surface area is 425 Å². The zero-order valence-electron chi connectivity index (χ0n) is 46.9. The van der Waals surface area contributed by atoms with Crippen LogP contribution in [-0.2, 0) is 28.6 Å². The number of hydrogen-bond donors (Lipinski definition) is 0. The standard InChI is InChI=1S/C62H120O6/c1-7-58(6)50-44-38-32-25-21-17-14-15-19-23-27-35-41-47-53-62(65)68-59(55-67-61(64)52-46-40-34-29-28-31-37-43-49-57(4)5)54-66-60(63)51-45-39-33-26-22-18-13-11-9-8-10-12-16-20-24-30-36-42-48-56(2)3/h56-59H,7-55H2,1-6H3/t58?,59-/m0/s1. The third-order valence-corrected chi connectivity index (χ3v) is 14.5. The van der Waals surface area contributed by atoms with Gasteiger partial charge in [0.05, 0.1) is 0 Å². The van der Waals surface area contributed by atoms with E-state index < -0.39 is 6.10 Å². The van der Waals surface area contributed by atoms with Gasteiger partial charge in [0, 0.05) is 19.3 Å². The van der Waals surface area contributed by atoms with E-state index in [9.17, 15) is 14.4 Å². The van der Waals surface area contributed by atoms with Crippen molar-refractivity contribution < 1.29 is 28.6 Å². The van der Waals surface area contributed by atoms with Gasteiger partial charge in [-0.25, -0.2) is 0 Å². The lowest BCUT2D eigenvalue weighted by Crippen LogP contribution is -2.30. The molecule has 0 spiro atoms. The lowest BCUT2D eigenvalue weighted by molar-refractivity contribution is -0.167. The van der Waals surface area contributed by atoms with Crippen molar-refractivity contribution in [3.8, 4) is 0 Å². The first-order valence-corrected chi connectivity index (χ1v) is 30.6. The van der Waals surface area contributed by atoms with Crippen molar-refractivity contribution in [2.75, 3.05) is 13.2 Å². The van der Waals surface area contributed by atoms with E-state index in [1.54, 1.807) is 0 Å². The van der Waals surface area contributed by atoms with Gasteiger partial charge in [-0.15, -0.1) is 0 Å². The zero-order valence-corrected chi connectivity index (χ0v) is 46.9. The molecule has 0 aliphatic carbocycles. The van der Waals surface area contributed by atoms with Gasteiger partial charge in [-0.1, -0.05) is 305 Å². The van der Waals surface area contributed by atoms with Crippen LogP contribution in [-0.4, -0.2) is 37.2 Å². The molecule has 6 heteroatoms. The maximum Gasteiger partial charge on any atom is 0.306 e. The quantitative estimate of drug-likeness (QED) is 0.0343. The maximum atomic E-state index is 12.9. The van der Waals surface area contributed by atoms with E-state index in [0.29, 0.717) is 19.3 Å². The second kappa shape index (κ2) is 53.2. The molecule has 6 nitrogen and oxygen atoms in total. The summed E-state index contributed by atoms with van der Waals surface area (Å²) < 4.78 is 16.9. The highest BCUT2D eigenvalue weighted by Gasteiger charge is 2.19. The predicted molar refractivity (Wildman–Crippen MR) is 293 cm³/mol. The van der Waals surface area contributed by atoms with Crippen LogP contribution in [0.15, 0.2) is 0 Å². The maximum absolute atomic E-state index is 12.9. The summed E-state index contributed by atoms with van der Waals surface area (Å²) in [7, 11) is 0. The molecule has 0 aromatic rings. The number of rotatable bonds is 55. The van der Waals surface area contributed by atoms with Crippen LogP contribution in [0.2, 0.25) is 0 Å². The first-order valence-electron chi connectivity index (χ1n) is 30.6. The SMILES string of the molecule is CCC(C)CCCCCCCCCCCCCCCCC(=O)O[C@@H](COC(=O)CCCCCCCCCCCCCCCCCCCCC(C)C)COC(=O)CCCCCCCCCCC(C)C. The molecule has 0 saturated carbocycles. The Morgan fingerprint density at radius 2 is 0.515 bits per heavy atom. The van der Waals surface area contributed by atoms with Crippen molar-refractivity contribution >= 4 is 17.9 Å². The second-order valence-electron chi connectivity index (χ2n) is 22.5. The van der Waals surface area contributed by atoms with Gasteiger partial charge in [-0.2, -0.15) is 0 Å². The van der Waals surface area contributed by atoms with Gasteiger partial charge >= 0.3 is 17.9 Å². The van der Waals surface area contributed by atoms with Crippen LogP contribution in [0.25, 0.3) is 0 Å². The lowest BCUT2D eigenvalue weighted by atomic mass is 9.99. The number of hydrogen-bond acceptors (Lipinski definition) is 6. The Morgan fingerprint density at radius 1 is 0.294 bits per heavy atom. The molecule has 1 unspecified atom stereocenters. The first kappa shape index (κ1) is 66.4. The first-order chi connectivity index (χ1) is 33.1. The van der Waals surface area contributed by atoms with E-state index in [2.05, 4.69) is 41.5 Å². The summed E-state index contributed by atoms with van der Waals surface area (Å²) >= 11 is 0. The third-order valence-electron chi connectivity index (χ3n) is 14.5. The van der Waals surface area contributed by atoms with E-state index in [0.717, 1.165) is 75.5 Å². The summed E-state index contributed by atoms with van der Waals surface area (Å²) in [5.41, 5.74) is 0. The Morgan fingerprint density at radius 3 is 0.765 bits per heavy atom. The highest BCUT2D eigenvalue weighted by Crippen LogP contribution is 2.19. The van der Waals surface area contributed by atoms with Gasteiger partial charge in [-0.05, 0) is 37.0 Å². The molecule has 0 saturated heterocycles. The number of esters is 3. The van der Waals surface area contributed by atoms with Crippen LogP contribution < -0.4 is 0 Å². The summed E-state index contributed by atoms with van der Waals surface area (Å²) in [4.78, 5) is 38.2. The van der Waals surface area contributed by atoms with Crippen LogP contribution >= 0.6 is 0 Å². The van der Waals surface area contributed by atoms with E-state index in [-0.39, 0.29) is 31.1 Å². The zero-order chi connectivity index (χ0) is 49.8. The normalized spacial score (nSPS) is 12.5. The highest BCUT2D eigenvalue weighted by molar-refractivity contribution is 5.71. The minimum atomic E-state index is -0.764. The molecular formula is C62H120O6. The average Bonchev–Trinajstić information content (AvgIpc) is 3.31. The minimum Gasteiger partial charge on any atom is -0.462 e. The van der Waals surface area contributed by atoms with Gasteiger partial charge in [0.25, 0.3) is 0 Å². The summed E-state index contributed by atoms with van der Waals surface area (Å²) in [5, 5.41) is 0. The molecule has 0 heterocycles. The third kappa shape index (κ3) is 53.8. The van der Waals surface area contributed by atoms with E-state index in [4.69, 9.17) is 14.2 Å². The van der Waals surface area contributed by atoms with Crippen molar-refractivity contribution in [1.82, 2.24) is 0 Å². The molecule has 0 amide bonds. The number of ether oxygens (including phenoxy) is 3. The molecule has 2 atom stereocenters. The molecule has 0 fully saturated rings. The highest BCUT2D eigenvalue weighted by atomic mass is 16.6. The summed E-state index contributed by atoms with van der Waals surface area (Å²) in [6, 6.07) is 0. The Balaban J connectivity index is 4.23. The van der Waals surface area contributed by atoms with Crippen molar-refractivity contribution in [1.29, 1.82) is 0 Å². The monoisotopic (exact) mass is 961 g/mol. The van der Waals surface area contributed by atoms with Crippen LogP contribution in [0.5, 0.6) is 0 Å². The number of carbonyl (C=O) groups excluding carboxylic acids is 3. The topological polar surface area (TPSA) is 78.9 Å². The summed E-state index contributed by atoms with van der Waals surface area (Å²) in [5.74, 6) is 1.71. The van der Waals surface area contributed by atoms with Crippen molar-refractivity contribution in [3.63, 3.8) is 0 Å². The van der Waals surface area contributed by atoms with Crippen LogP contribution in [0.3, 0.4) is 0 Å². The molecule has 404 valence electrons. The molecule has 68 heavy (non-hydrogen) atoms. The van der Waals surface area contributed by atoms with Gasteiger partial charge in [-0.3, -0.25) is 14.4 Å². The van der Waals surface area contributed by atoms with Gasteiger partial charge in [0.1, 0.15) is 13.2 Å². The van der Waals surface area contributed by atoms with Crippen LogP contribution in [0, 0.1) is 17.8 Å². The number of unbranched alkanes of at least 4 members (excludes halogenated alkanes) is 37. The Hall–Kier alpha value is -1.59.